The van der Waals surface area contributed by atoms with Crippen LogP contribution in [0.2, 0.25) is 0 Å². The van der Waals surface area contributed by atoms with Gasteiger partial charge in [-0.3, -0.25) is 35.1 Å². The predicted molar refractivity (Wildman–Crippen MR) is 143 cm³/mol. The Balaban J connectivity index is 1.38. The van der Waals surface area contributed by atoms with Gasteiger partial charge in [0.1, 0.15) is 5.75 Å². The minimum Gasteiger partial charge on any atom is -0.427 e. The highest BCUT2D eigenvalue weighted by molar-refractivity contribution is 5.95. The first-order chi connectivity index (χ1) is 18.3. The van der Waals surface area contributed by atoms with Crippen LogP contribution in [0.3, 0.4) is 0 Å². The lowest BCUT2D eigenvalue weighted by Gasteiger charge is -2.42. The molecule has 2 N–H and O–H groups in total. The van der Waals surface area contributed by atoms with Crippen molar-refractivity contribution in [1.82, 2.24) is 25.3 Å². The van der Waals surface area contributed by atoms with Crippen molar-refractivity contribution >= 4 is 28.7 Å². The van der Waals surface area contributed by atoms with Crippen LogP contribution in [0.5, 0.6) is 5.75 Å². The van der Waals surface area contributed by atoms with Crippen LogP contribution in [-0.4, -0.2) is 45.3 Å². The van der Waals surface area contributed by atoms with E-state index in [0.717, 1.165) is 56.1 Å². The lowest BCUT2D eigenvalue weighted by Crippen LogP contribution is -2.43. The van der Waals surface area contributed by atoms with Gasteiger partial charge in [-0.1, -0.05) is 13.3 Å². The second-order valence-corrected chi connectivity index (χ2v) is 10.5. The Bertz CT molecular complexity index is 1370. The highest BCUT2D eigenvalue weighted by atomic mass is 16.5. The first-order valence-electron chi connectivity index (χ1n) is 13.4. The number of carbonyl (C=O) groups is 3. The smallest absolute Gasteiger partial charge is 0.308 e. The monoisotopic (exact) mass is 517 g/mol. The summed E-state index contributed by atoms with van der Waals surface area (Å²) in [5, 5.41) is 1.13. The highest BCUT2D eigenvalue weighted by Crippen LogP contribution is 2.56. The number of amides is 2. The van der Waals surface area contributed by atoms with Gasteiger partial charge < -0.3 is 9.30 Å². The molecule has 4 heterocycles. The minimum atomic E-state index is -0.387. The van der Waals surface area contributed by atoms with Crippen LogP contribution >= 0.6 is 0 Å². The van der Waals surface area contributed by atoms with E-state index in [4.69, 9.17) is 4.74 Å². The molecule has 0 bridgehead atoms. The number of nitrogens with zero attached hydrogens (tertiary/aromatic N) is 3. The molecule has 1 fully saturated rings. The fraction of sp³-hybridized carbons (Fsp3) is 0.448. The third kappa shape index (κ3) is 4.78. The van der Waals surface area contributed by atoms with Gasteiger partial charge in [0, 0.05) is 55.9 Å². The molecule has 200 valence electrons. The molecule has 0 radical (unpaired) electrons. The molecular formula is C29H35N5O4. The summed E-state index contributed by atoms with van der Waals surface area (Å²) in [4.78, 5) is 43.2. The molecule has 3 aromatic rings. The second-order valence-electron chi connectivity index (χ2n) is 10.5. The number of rotatable bonds is 7. The number of carbonyl (C=O) groups excluding carboxylic acids is 3. The molecule has 9 heteroatoms. The van der Waals surface area contributed by atoms with Crippen LogP contribution in [0.1, 0.15) is 73.6 Å². The molecule has 5 rings (SSSR count). The van der Waals surface area contributed by atoms with Gasteiger partial charge in [-0.05, 0) is 73.5 Å². The Hall–Kier alpha value is -3.72. The molecule has 2 aliphatic heterocycles. The number of nitrogens with one attached hydrogen (secondary N) is 2. The number of fused-ring (bicyclic) bond motifs is 5. The van der Waals surface area contributed by atoms with Crippen molar-refractivity contribution < 1.29 is 19.1 Å². The molecule has 1 aromatic carbocycles. The normalized spacial score (nSPS) is 20.6. The largest absolute Gasteiger partial charge is 0.427 e. The van der Waals surface area contributed by atoms with Gasteiger partial charge in [-0.2, -0.15) is 0 Å². The molecule has 2 atom stereocenters. The fourth-order valence-corrected chi connectivity index (χ4v) is 6.61. The molecule has 1 saturated heterocycles. The summed E-state index contributed by atoms with van der Waals surface area (Å²) in [6.07, 6.45) is 8.13. The molecule has 2 amide bonds. The van der Waals surface area contributed by atoms with Gasteiger partial charge in [0.25, 0.3) is 5.91 Å². The third-order valence-electron chi connectivity index (χ3n) is 8.17. The van der Waals surface area contributed by atoms with Crippen LogP contribution in [0.15, 0.2) is 42.7 Å². The molecule has 38 heavy (non-hydrogen) atoms. The Morgan fingerprint density at radius 1 is 1.16 bits per heavy atom. The Morgan fingerprint density at radius 2 is 2.00 bits per heavy atom. The molecule has 0 spiro atoms. The van der Waals surface area contributed by atoms with Gasteiger partial charge in [-0.25, -0.2) is 0 Å². The molecule has 0 aliphatic carbocycles. The maximum Gasteiger partial charge on any atom is 0.308 e. The van der Waals surface area contributed by atoms with E-state index < -0.39 is 0 Å². The molecule has 0 unspecified atom stereocenters. The van der Waals surface area contributed by atoms with Gasteiger partial charge in [0.05, 0.1) is 11.6 Å². The highest BCUT2D eigenvalue weighted by Gasteiger charge is 2.50. The summed E-state index contributed by atoms with van der Waals surface area (Å²) in [5.41, 5.74) is 9.18. The number of hydrogen-bond donors (Lipinski definition) is 2. The minimum absolute atomic E-state index is 0.0462. The van der Waals surface area contributed by atoms with Crippen molar-refractivity contribution in [1.29, 1.82) is 0 Å². The number of esters is 1. The zero-order chi connectivity index (χ0) is 26.9. The number of aromatic nitrogens is 2. The van der Waals surface area contributed by atoms with Crippen molar-refractivity contribution in [3.05, 3.63) is 59.5 Å². The second kappa shape index (κ2) is 10.6. The summed E-state index contributed by atoms with van der Waals surface area (Å²) in [5.74, 6) is -0.345. The van der Waals surface area contributed by atoms with Crippen molar-refractivity contribution in [3.8, 4) is 5.75 Å². The van der Waals surface area contributed by atoms with Crippen molar-refractivity contribution in [2.45, 2.75) is 58.4 Å². The first kappa shape index (κ1) is 25.9. The Morgan fingerprint density at radius 3 is 2.74 bits per heavy atom. The van der Waals surface area contributed by atoms with Gasteiger partial charge >= 0.3 is 5.97 Å². The first-order valence-corrected chi connectivity index (χ1v) is 13.4. The van der Waals surface area contributed by atoms with Gasteiger partial charge in [0.15, 0.2) is 0 Å². The van der Waals surface area contributed by atoms with Gasteiger partial charge in [0.2, 0.25) is 5.91 Å². The van der Waals surface area contributed by atoms with E-state index in [0.29, 0.717) is 17.7 Å². The number of pyridine rings is 1. The SMILES string of the molecule is CCC[C@]1(CCC(=O)NNC(=O)c2cccnc2)CCN2CCc3c(n(C)c4ccc(OC(C)=O)cc34)[C@@H]21. The van der Waals surface area contributed by atoms with Crippen molar-refractivity contribution in [2.24, 2.45) is 12.5 Å². The van der Waals surface area contributed by atoms with Crippen LogP contribution < -0.4 is 15.6 Å². The van der Waals surface area contributed by atoms with Crippen molar-refractivity contribution in [3.63, 3.8) is 0 Å². The van der Waals surface area contributed by atoms with Crippen LogP contribution in [-0.2, 0) is 23.1 Å². The van der Waals surface area contributed by atoms with E-state index in [1.54, 1.807) is 18.3 Å². The summed E-state index contributed by atoms with van der Waals surface area (Å²) in [7, 11) is 2.12. The maximum absolute atomic E-state index is 12.8. The summed E-state index contributed by atoms with van der Waals surface area (Å²) >= 11 is 0. The summed E-state index contributed by atoms with van der Waals surface area (Å²) in [6.45, 7) is 5.59. The average Bonchev–Trinajstić information content (AvgIpc) is 3.41. The van der Waals surface area contributed by atoms with Crippen LogP contribution in [0, 0.1) is 5.41 Å². The molecule has 2 aliphatic rings. The quantitative estimate of drug-likeness (QED) is 0.280. The van der Waals surface area contributed by atoms with E-state index in [1.165, 1.54) is 24.4 Å². The zero-order valence-electron chi connectivity index (χ0n) is 22.3. The fourth-order valence-electron chi connectivity index (χ4n) is 6.61. The molecule has 0 saturated carbocycles. The lowest BCUT2D eigenvalue weighted by atomic mass is 9.70. The Kier molecular flexibility index (Phi) is 7.21. The Labute approximate surface area is 222 Å². The van der Waals surface area contributed by atoms with E-state index in [2.05, 4.69) is 39.3 Å². The van der Waals surface area contributed by atoms with E-state index in [9.17, 15) is 14.4 Å². The number of ether oxygens (including phenoxy) is 1. The predicted octanol–water partition coefficient (Wildman–Crippen LogP) is 3.83. The topological polar surface area (TPSA) is 106 Å². The van der Waals surface area contributed by atoms with E-state index in [1.807, 2.05) is 18.2 Å². The van der Waals surface area contributed by atoms with E-state index >= 15 is 0 Å². The molecule has 9 nitrogen and oxygen atoms in total. The van der Waals surface area contributed by atoms with E-state index in [-0.39, 0.29) is 29.2 Å². The van der Waals surface area contributed by atoms with Crippen LogP contribution in [0.25, 0.3) is 10.9 Å². The standard InChI is InChI=1S/C29H35N5O4/c1-4-11-29(12-9-25(36)31-32-28(37)20-6-5-14-30-18-20)13-16-34-15-10-22-23-17-21(38-19(2)35)7-8-24(23)33(3)26(22)27(29)34/h5-8,14,17-18,27H,4,9-13,15-16H2,1-3H3,(H,31,36)(H,32,37)/t27-,29+/m1/s1. The third-order valence-corrected chi connectivity index (χ3v) is 8.17. The number of aryl methyl sites for hydroxylation is 1. The van der Waals surface area contributed by atoms with Crippen LogP contribution in [0.4, 0.5) is 0 Å². The average molecular weight is 518 g/mol. The number of benzene rings is 1. The lowest BCUT2D eigenvalue weighted by molar-refractivity contribution is -0.131. The number of hydrazine groups is 1. The number of hydrogen-bond acceptors (Lipinski definition) is 6. The summed E-state index contributed by atoms with van der Waals surface area (Å²) in [6, 6.07) is 9.41. The van der Waals surface area contributed by atoms with Gasteiger partial charge in [-0.15, -0.1) is 0 Å². The zero-order valence-corrected chi connectivity index (χ0v) is 22.3. The summed E-state index contributed by atoms with van der Waals surface area (Å²) < 4.78 is 7.68. The maximum atomic E-state index is 12.8. The van der Waals surface area contributed by atoms with Crippen molar-refractivity contribution in [2.75, 3.05) is 13.1 Å². The molecular weight excluding hydrogens is 482 g/mol. The molecule has 2 aromatic heterocycles.